The van der Waals surface area contributed by atoms with Crippen molar-refractivity contribution in [3.8, 4) is 0 Å². The summed E-state index contributed by atoms with van der Waals surface area (Å²) in [5.41, 5.74) is -0.209. The maximum absolute atomic E-state index is 13.6. The highest BCUT2D eigenvalue weighted by atomic mass is 19.1. The number of hydrogen-bond acceptors (Lipinski definition) is 2. The van der Waals surface area contributed by atoms with E-state index in [0.29, 0.717) is 0 Å². The quantitative estimate of drug-likeness (QED) is 0.906. The van der Waals surface area contributed by atoms with Crippen LogP contribution < -0.4 is 5.32 Å². The maximum Gasteiger partial charge on any atom is 0.335 e. The van der Waals surface area contributed by atoms with E-state index in [1.807, 2.05) is 0 Å². The van der Waals surface area contributed by atoms with Crippen molar-refractivity contribution in [3.05, 3.63) is 65.2 Å². The molecule has 2 rings (SSSR count). The molecule has 1 amide bonds. The molecule has 102 valence electrons. The van der Waals surface area contributed by atoms with E-state index in [4.69, 9.17) is 5.11 Å². The molecule has 0 heterocycles. The van der Waals surface area contributed by atoms with Crippen molar-refractivity contribution in [1.29, 1.82) is 0 Å². The van der Waals surface area contributed by atoms with Crippen molar-refractivity contribution in [1.82, 2.24) is 0 Å². The van der Waals surface area contributed by atoms with Crippen molar-refractivity contribution in [2.75, 3.05) is 5.32 Å². The van der Waals surface area contributed by atoms with E-state index in [1.165, 1.54) is 18.2 Å². The highest BCUT2D eigenvalue weighted by molar-refractivity contribution is 6.04. The van der Waals surface area contributed by atoms with E-state index in [2.05, 4.69) is 5.32 Å². The molecule has 0 saturated carbocycles. The molecule has 0 unspecified atom stereocenters. The van der Waals surface area contributed by atoms with Gasteiger partial charge in [-0.05, 0) is 42.5 Å². The van der Waals surface area contributed by atoms with E-state index >= 15 is 0 Å². The van der Waals surface area contributed by atoms with Crippen LogP contribution in [0.4, 0.5) is 14.5 Å². The Kier molecular flexibility index (Phi) is 3.74. The Morgan fingerprint density at radius 1 is 0.950 bits per heavy atom. The summed E-state index contributed by atoms with van der Waals surface area (Å²) in [4.78, 5) is 22.4. The molecular formula is C14H9F2NO3. The standard InChI is InChI=1S/C14H9F2NO3/c15-10-4-1-8(2-5-10)13(18)17-12-6-3-9(14(19)20)7-11(12)16/h1-7H,(H,17,18)(H,19,20). The van der Waals surface area contributed by atoms with Gasteiger partial charge in [0.05, 0.1) is 11.3 Å². The van der Waals surface area contributed by atoms with E-state index in [1.54, 1.807) is 0 Å². The molecule has 4 nitrogen and oxygen atoms in total. The normalized spacial score (nSPS) is 10.1. The summed E-state index contributed by atoms with van der Waals surface area (Å²) in [5.74, 6) is -3.23. The minimum Gasteiger partial charge on any atom is -0.478 e. The topological polar surface area (TPSA) is 66.4 Å². The first-order chi connectivity index (χ1) is 9.47. The lowest BCUT2D eigenvalue weighted by Crippen LogP contribution is -2.13. The molecule has 20 heavy (non-hydrogen) atoms. The number of benzene rings is 2. The highest BCUT2D eigenvalue weighted by Crippen LogP contribution is 2.17. The van der Waals surface area contributed by atoms with Crippen molar-refractivity contribution in [2.24, 2.45) is 0 Å². The van der Waals surface area contributed by atoms with Crippen LogP contribution in [0.3, 0.4) is 0 Å². The molecule has 0 fully saturated rings. The second kappa shape index (κ2) is 5.48. The Labute approximate surface area is 112 Å². The summed E-state index contributed by atoms with van der Waals surface area (Å²) >= 11 is 0. The van der Waals surface area contributed by atoms with Gasteiger partial charge in [0.25, 0.3) is 5.91 Å². The number of aromatic carboxylic acids is 1. The van der Waals surface area contributed by atoms with Crippen LogP contribution in [0.1, 0.15) is 20.7 Å². The zero-order chi connectivity index (χ0) is 14.7. The molecule has 2 N–H and O–H groups in total. The zero-order valence-corrected chi connectivity index (χ0v) is 10.1. The minimum atomic E-state index is -1.26. The molecule has 0 saturated heterocycles. The van der Waals surface area contributed by atoms with Gasteiger partial charge in [0.2, 0.25) is 0 Å². The first kappa shape index (κ1) is 13.7. The van der Waals surface area contributed by atoms with E-state index in [9.17, 15) is 18.4 Å². The van der Waals surface area contributed by atoms with E-state index in [0.717, 1.165) is 24.3 Å². The van der Waals surface area contributed by atoms with Crippen LogP contribution >= 0.6 is 0 Å². The monoisotopic (exact) mass is 277 g/mol. The van der Waals surface area contributed by atoms with Gasteiger partial charge in [0.15, 0.2) is 0 Å². The maximum atomic E-state index is 13.6. The largest absolute Gasteiger partial charge is 0.478 e. The average Bonchev–Trinajstić information content (AvgIpc) is 2.41. The predicted octanol–water partition coefficient (Wildman–Crippen LogP) is 2.92. The van der Waals surface area contributed by atoms with Gasteiger partial charge in [-0.25, -0.2) is 13.6 Å². The fraction of sp³-hybridized carbons (Fsp3) is 0. The summed E-state index contributed by atoms with van der Waals surface area (Å²) in [5, 5.41) is 11.0. The third kappa shape index (κ3) is 2.97. The van der Waals surface area contributed by atoms with Crippen LogP contribution in [0.2, 0.25) is 0 Å². The van der Waals surface area contributed by atoms with Gasteiger partial charge in [-0.1, -0.05) is 0 Å². The number of hydrogen-bond donors (Lipinski definition) is 2. The molecule has 0 aromatic heterocycles. The molecular weight excluding hydrogens is 268 g/mol. The number of nitrogens with one attached hydrogen (secondary N) is 1. The van der Waals surface area contributed by atoms with Crippen LogP contribution in [0.15, 0.2) is 42.5 Å². The zero-order valence-electron chi connectivity index (χ0n) is 10.1. The first-order valence-electron chi connectivity index (χ1n) is 5.57. The van der Waals surface area contributed by atoms with Crippen molar-refractivity contribution >= 4 is 17.6 Å². The molecule has 0 bridgehead atoms. The average molecular weight is 277 g/mol. The summed E-state index contributed by atoms with van der Waals surface area (Å²) in [7, 11) is 0. The molecule has 0 radical (unpaired) electrons. The Balaban J connectivity index is 2.19. The number of carbonyl (C=O) groups is 2. The third-order valence-electron chi connectivity index (χ3n) is 2.57. The third-order valence-corrected chi connectivity index (χ3v) is 2.57. The summed E-state index contributed by atoms with van der Waals surface area (Å²) < 4.78 is 26.3. The molecule has 0 spiro atoms. The number of carboxylic acid groups (broad SMARTS) is 1. The van der Waals surface area contributed by atoms with Crippen LogP contribution in [-0.4, -0.2) is 17.0 Å². The van der Waals surface area contributed by atoms with Gasteiger partial charge < -0.3 is 10.4 Å². The lowest BCUT2D eigenvalue weighted by molar-refractivity contribution is 0.0696. The lowest BCUT2D eigenvalue weighted by atomic mass is 10.1. The number of carbonyl (C=O) groups excluding carboxylic acids is 1. The minimum absolute atomic E-state index is 0.149. The lowest BCUT2D eigenvalue weighted by Gasteiger charge is -2.07. The Bertz CT molecular complexity index is 669. The second-order valence-corrected chi connectivity index (χ2v) is 3.96. The highest BCUT2D eigenvalue weighted by Gasteiger charge is 2.12. The number of halogens is 2. The van der Waals surface area contributed by atoms with Gasteiger partial charge in [-0.3, -0.25) is 4.79 Å². The SMILES string of the molecule is O=C(O)c1ccc(NC(=O)c2ccc(F)cc2)c(F)c1. The van der Waals surface area contributed by atoms with E-state index in [-0.39, 0.29) is 16.8 Å². The van der Waals surface area contributed by atoms with Gasteiger partial charge in [0, 0.05) is 5.56 Å². The molecule has 2 aromatic rings. The van der Waals surface area contributed by atoms with E-state index < -0.39 is 23.5 Å². The van der Waals surface area contributed by atoms with Gasteiger partial charge >= 0.3 is 5.97 Å². The van der Waals surface area contributed by atoms with Crippen LogP contribution in [0.25, 0.3) is 0 Å². The number of rotatable bonds is 3. The number of amides is 1. The molecule has 0 aliphatic carbocycles. The summed E-state index contributed by atoms with van der Waals surface area (Å²) in [6.07, 6.45) is 0. The second-order valence-electron chi connectivity index (χ2n) is 3.96. The Morgan fingerprint density at radius 3 is 2.10 bits per heavy atom. The predicted molar refractivity (Wildman–Crippen MR) is 67.7 cm³/mol. The van der Waals surface area contributed by atoms with Gasteiger partial charge in [0.1, 0.15) is 11.6 Å². The Hall–Kier alpha value is -2.76. The van der Waals surface area contributed by atoms with Crippen LogP contribution in [0.5, 0.6) is 0 Å². The summed E-state index contributed by atoms with van der Waals surface area (Å²) in [6, 6.07) is 7.87. The van der Waals surface area contributed by atoms with Crippen molar-refractivity contribution < 1.29 is 23.5 Å². The smallest absolute Gasteiger partial charge is 0.335 e. The molecule has 0 aliphatic heterocycles. The molecule has 2 aromatic carbocycles. The summed E-state index contributed by atoms with van der Waals surface area (Å²) in [6.45, 7) is 0. The van der Waals surface area contributed by atoms with Crippen LogP contribution in [-0.2, 0) is 0 Å². The number of anilines is 1. The fourth-order valence-corrected chi connectivity index (χ4v) is 1.55. The van der Waals surface area contributed by atoms with Crippen molar-refractivity contribution in [3.63, 3.8) is 0 Å². The Morgan fingerprint density at radius 2 is 1.55 bits per heavy atom. The molecule has 0 atom stereocenters. The van der Waals surface area contributed by atoms with Crippen LogP contribution in [0, 0.1) is 11.6 Å². The fourth-order valence-electron chi connectivity index (χ4n) is 1.55. The molecule has 0 aliphatic rings. The number of carboxylic acids is 1. The van der Waals surface area contributed by atoms with Crippen molar-refractivity contribution in [2.45, 2.75) is 0 Å². The first-order valence-corrected chi connectivity index (χ1v) is 5.57. The van der Waals surface area contributed by atoms with Gasteiger partial charge in [-0.2, -0.15) is 0 Å². The van der Waals surface area contributed by atoms with Gasteiger partial charge in [-0.15, -0.1) is 0 Å². The molecule has 6 heteroatoms.